The Morgan fingerprint density at radius 2 is 0.765 bits per heavy atom. The van der Waals surface area contributed by atoms with E-state index in [1.54, 1.807) is 0 Å². The summed E-state index contributed by atoms with van der Waals surface area (Å²) in [7, 11) is 0. The predicted octanol–water partition coefficient (Wildman–Crippen LogP) is 12.4. The van der Waals surface area contributed by atoms with Crippen LogP contribution in [0.2, 0.25) is 0 Å². The van der Waals surface area contributed by atoms with Crippen molar-refractivity contribution in [1.82, 2.24) is 15.0 Å². The van der Waals surface area contributed by atoms with Gasteiger partial charge in [-0.05, 0) is 55.9 Å². The fourth-order valence-corrected chi connectivity index (χ4v) is 7.32. The van der Waals surface area contributed by atoms with Gasteiger partial charge >= 0.3 is 0 Å². The summed E-state index contributed by atoms with van der Waals surface area (Å²) in [5, 5.41) is 6.90. The molecule has 10 aromatic rings. The molecule has 4 heteroatoms. The smallest absolute Gasteiger partial charge is 0.167 e. The minimum atomic E-state index is 0.561. The van der Waals surface area contributed by atoms with Gasteiger partial charge in [-0.3, -0.25) is 0 Å². The van der Waals surface area contributed by atoms with E-state index in [2.05, 4.69) is 140 Å². The highest BCUT2D eigenvalue weighted by Crippen LogP contribution is 2.39. The summed E-state index contributed by atoms with van der Waals surface area (Å²) in [6, 6.07) is 61.1. The first-order chi connectivity index (χ1) is 25.3. The van der Waals surface area contributed by atoms with E-state index >= 15 is 0 Å². The van der Waals surface area contributed by atoms with E-state index in [4.69, 9.17) is 19.4 Å². The quantitative estimate of drug-likeness (QED) is 0.186. The van der Waals surface area contributed by atoms with Gasteiger partial charge < -0.3 is 4.42 Å². The Bertz CT molecular complexity index is 2910. The average Bonchev–Trinajstić information content (AvgIpc) is 3.59. The lowest BCUT2D eigenvalue weighted by atomic mass is 9.94. The van der Waals surface area contributed by atoms with Crippen molar-refractivity contribution in [3.05, 3.63) is 176 Å². The third-order valence-electron chi connectivity index (χ3n) is 9.77. The Labute approximate surface area is 294 Å². The zero-order chi connectivity index (χ0) is 33.7. The van der Waals surface area contributed by atoms with Crippen molar-refractivity contribution in [2.75, 3.05) is 0 Å². The lowest BCUT2D eigenvalue weighted by Gasteiger charge is -2.14. The molecule has 0 saturated carbocycles. The zero-order valence-electron chi connectivity index (χ0n) is 27.5. The van der Waals surface area contributed by atoms with Crippen molar-refractivity contribution in [2.45, 2.75) is 0 Å². The largest absolute Gasteiger partial charge is 0.455 e. The second-order valence-corrected chi connectivity index (χ2v) is 12.8. The number of hydrogen-bond donors (Lipinski definition) is 0. The summed E-state index contributed by atoms with van der Waals surface area (Å²) >= 11 is 0. The van der Waals surface area contributed by atoms with E-state index in [0.717, 1.165) is 55.3 Å². The minimum absolute atomic E-state index is 0.561. The number of para-hydroxylation sites is 2. The molecule has 0 aliphatic heterocycles. The fraction of sp³-hybridized carbons (Fsp3) is 0. The molecule has 0 unspecified atom stereocenters. The summed E-state index contributed by atoms with van der Waals surface area (Å²) in [6.07, 6.45) is 0. The number of benzene rings is 8. The van der Waals surface area contributed by atoms with Gasteiger partial charge in [-0.2, -0.15) is 0 Å². The number of nitrogens with zero attached hydrogens (tertiary/aromatic N) is 3. The molecule has 0 spiro atoms. The maximum absolute atomic E-state index is 6.47. The first kappa shape index (κ1) is 29.0. The van der Waals surface area contributed by atoms with Gasteiger partial charge in [0.25, 0.3) is 0 Å². The predicted molar refractivity (Wildman–Crippen MR) is 209 cm³/mol. The summed E-state index contributed by atoms with van der Waals surface area (Å²) in [5.74, 6) is 1.76. The molecule has 4 nitrogen and oxygen atoms in total. The van der Waals surface area contributed by atoms with E-state index in [1.165, 1.54) is 27.1 Å². The van der Waals surface area contributed by atoms with Crippen molar-refractivity contribution < 1.29 is 4.42 Å². The summed E-state index contributed by atoms with van der Waals surface area (Å²) in [6.45, 7) is 0. The molecular weight excluding hydrogens is 623 g/mol. The van der Waals surface area contributed by atoms with Crippen LogP contribution < -0.4 is 0 Å². The molecule has 238 valence electrons. The van der Waals surface area contributed by atoms with Crippen molar-refractivity contribution in [2.24, 2.45) is 0 Å². The molecule has 51 heavy (non-hydrogen) atoms. The van der Waals surface area contributed by atoms with Crippen LogP contribution in [-0.4, -0.2) is 15.0 Å². The Morgan fingerprint density at radius 3 is 1.53 bits per heavy atom. The zero-order valence-corrected chi connectivity index (χ0v) is 27.5. The van der Waals surface area contributed by atoms with E-state index in [9.17, 15) is 0 Å². The van der Waals surface area contributed by atoms with Gasteiger partial charge in [0, 0.05) is 21.9 Å². The van der Waals surface area contributed by atoms with E-state index in [-0.39, 0.29) is 0 Å². The van der Waals surface area contributed by atoms with Crippen LogP contribution in [0.25, 0.3) is 99.9 Å². The topological polar surface area (TPSA) is 51.8 Å². The van der Waals surface area contributed by atoms with Crippen LogP contribution in [0.4, 0.5) is 0 Å². The third kappa shape index (κ3) is 4.96. The minimum Gasteiger partial charge on any atom is -0.455 e. The van der Waals surface area contributed by atoms with Gasteiger partial charge in [0.05, 0.1) is 5.56 Å². The van der Waals surface area contributed by atoms with Crippen molar-refractivity contribution in [3.8, 4) is 56.4 Å². The molecule has 0 saturated heterocycles. The summed E-state index contributed by atoms with van der Waals surface area (Å²) in [5.41, 5.74) is 8.78. The maximum Gasteiger partial charge on any atom is 0.167 e. The Hall–Kier alpha value is -6.91. The molecule has 0 bridgehead atoms. The normalized spacial score (nSPS) is 11.5. The lowest BCUT2D eigenvalue weighted by molar-refractivity contribution is 0.669. The number of fused-ring (bicyclic) bond motifs is 5. The number of hydrogen-bond acceptors (Lipinski definition) is 4. The molecule has 0 N–H and O–H groups in total. The number of furan rings is 1. The van der Waals surface area contributed by atoms with Gasteiger partial charge in [0.1, 0.15) is 11.2 Å². The highest BCUT2D eigenvalue weighted by atomic mass is 16.3. The molecule has 2 aromatic heterocycles. The van der Waals surface area contributed by atoms with Crippen molar-refractivity contribution in [3.63, 3.8) is 0 Å². The molecule has 0 amide bonds. The van der Waals surface area contributed by atoms with Crippen LogP contribution in [0.5, 0.6) is 0 Å². The van der Waals surface area contributed by atoms with E-state index in [0.29, 0.717) is 17.5 Å². The lowest BCUT2D eigenvalue weighted by Crippen LogP contribution is -2.01. The molecule has 0 aliphatic rings. The Balaban J connectivity index is 1.18. The van der Waals surface area contributed by atoms with Crippen LogP contribution in [0, 0.1) is 0 Å². The highest BCUT2D eigenvalue weighted by molar-refractivity contribution is 6.09. The molecule has 0 atom stereocenters. The standard InChI is InChI=1S/C47H29N3O/c1-3-16-34-30(12-1)14-9-21-35(34)32-26-28-33(29-27-32)45-48-46(41-20-6-5-18-38(41)37-22-10-15-31-13-2-4-17-36(31)37)50-47(49-45)42-24-11-23-40-39-19-7-8-25-43(39)51-44(40)42/h1-29H. The molecular formula is C47H29N3O. The Morgan fingerprint density at radius 1 is 0.294 bits per heavy atom. The van der Waals surface area contributed by atoms with E-state index in [1.807, 2.05) is 36.4 Å². The van der Waals surface area contributed by atoms with Crippen molar-refractivity contribution in [1.29, 1.82) is 0 Å². The van der Waals surface area contributed by atoms with Gasteiger partial charge in [0.2, 0.25) is 0 Å². The fourth-order valence-electron chi connectivity index (χ4n) is 7.32. The van der Waals surface area contributed by atoms with Gasteiger partial charge in [-0.1, -0.05) is 164 Å². The second-order valence-electron chi connectivity index (χ2n) is 12.8. The van der Waals surface area contributed by atoms with Gasteiger partial charge in [-0.25, -0.2) is 15.0 Å². The van der Waals surface area contributed by atoms with Crippen LogP contribution in [0.3, 0.4) is 0 Å². The number of rotatable bonds is 5. The van der Waals surface area contributed by atoms with Crippen LogP contribution in [-0.2, 0) is 0 Å². The van der Waals surface area contributed by atoms with Crippen LogP contribution in [0.1, 0.15) is 0 Å². The van der Waals surface area contributed by atoms with Gasteiger partial charge in [0.15, 0.2) is 17.5 Å². The average molecular weight is 652 g/mol. The molecule has 10 rings (SSSR count). The molecule has 0 fully saturated rings. The van der Waals surface area contributed by atoms with Crippen molar-refractivity contribution >= 4 is 43.5 Å². The van der Waals surface area contributed by atoms with Crippen LogP contribution >= 0.6 is 0 Å². The monoisotopic (exact) mass is 651 g/mol. The molecule has 8 aromatic carbocycles. The third-order valence-corrected chi connectivity index (χ3v) is 9.77. The molecule has 0 aliphatic carbocycles. The SMILES string of the molecule is c1ccc(-c2cccc3ccccc23)c(-c2nc(-c3ccc(-c4cccc5ccccc45)cc3)nc(-c3cccc4c3oc3ccccc34)n2)c1. The highest BCUT2D eigenvalue weighted by Gasteiger charge is 2.20. The van der Waals surface area contributed by atoms with Gasteiger partial charge in [-0.15, -0.1) is 0 Å². The number of aromatic nitrogens is 3. The second kappa shape index (κ2) is 11.9. The first-order valence-electron chi connectivity index (χ1n) is 17.1. The molecule has 2 heterocycles. The summed E-state index contributed by atoms with van der Waals surface area (Å²) < 4.78 is 6.47. The first-order valence-corrected chi connectivity index (χ1v) is 17.1. The maximum atomic E-state index is 6.47. The summed E-state index contributed by atoms with van der Waals surface area (Å²) in [4.78, 5) is 15.5. The van der Waals surface area contributed by atoms with Crippen LogP contribution in [0.15, 0.2) is 180 Å². The van der Waals surface area contributed by atoms with E-state index < -0.39 is 0 Å². The Kier molecular flexibility index (Phi) is 6.78. The molecule has 0 radical (unpaired) electrons.